The van der Waals surface area contributed by atoms with Gasteiger partial charge in [-0.2, -0.15) is 0 Å². The van der Waals surface area contributed by atoms with E-state index in [0.29, 0.717) is 12.8 Å². The van der Waals surface area contributed by atoms with Crippen LogP contribution in [0, 0.1) is 0 Å². The highest BCUT2D eigenvalue weighted by Crippen LogP contribution is 2.17. The van der Waals surface area contributed by atoms with Crippen molar-refractivity contribution in [3.8, 4) is 0 Å². The predicted octanol–water partition coefficient (Wildman–Crippen LogP) is 1.45. The highest BCUT2D eigenvalue weighted by atomic mass is 32.2. The molecule has 13 heavy (non-hydrogen) atoms. The van der Waals surface area contributed by atoms with Crippen LogP contribution in [0.1, 0.15) is 26.2 Å². The lowest BCUT2D eigenvalue weighted by Gasteiger charge is -2.08. The largest absolute Gasteiger partial charge is 0.481 e. The Bertz CT molecular complexity index is 181. The van der Waals surface area contributed by atoms with E-state index in [1.807, 2.05) is 6.92 Å². The van der Waals surface area contributed by atoms with E-state index in [2.05, 4.69) is 0 Å². The first-order valence-corrected chi connectivity index (χ1v) is 5.19. The topological polar surface area (TPSA) is 74.6 Å². The van der Waals surface area contributed by atoms with Crippen molar-refractivity contribution in [3.05, 3.63) is 0 Å². The second kappa shape index (κ2) is 6.77. The van der Waals surface area contributed by atoms with Crippen LogP contribution in [-0.4, -0.2) is 33.2 Å². The standard InChI is InChI=1S/C8H14O4S/c1-2-13-6(8(11)12)4-3-5-7(9)10/h6H,2-5H2,1H3,(H,9,10)(H,11,12). The van der Waals surface area contributed by atoms with Crippen LogP contribution in [0.15, 0.2) is 0 Å². The van der Waals surface area contributed by atoms with Gasteiger partial charge in [0.1, 0.15) is 5.25 Å². The summed E-state index contributed by atoms with van der Waals surface area (Å²) < 4.78 is 0. The van der Waals surface area contributed by atoms with Crippen molar-refractivity contribution in [3.63, 3.8) is 0 Å². The first-order chi connectivity index (χ1) is 6.07. The van der Waals surface area contributed by atoms with Crippen LogP contribution in [0.2, 0.25) is 0 Å². The molecule has 0 aromatic carbocycles. The summed E-state index contributed by atoms with van der Waals surface area (Å²) in [6.45, 7) is 1.89. The molecule has 0 aliphatic rings. The third kappa shape index (κ3) is 6.45. The summed E-state index contributed by atoms with van der Waals surface area (Å²) in [5.74, 6) is -0.979. The van der Waals surface area contributed by atoms with Gasteiger partial charge in [0.05, 0.1) is 0 Å². The Kier molecular flexibility index (Phi) is 6.40. The van der Waals surface area contributed by atoms with Crippen molar-refractivity contribution in [2.45, 2.75) is 31.4 Å². The number of rotatable bonds is 7. The molecule has 0 spiro atoms. The van der Waals surface area contributed by atoms with Crippen molar-refractivity contribution >= 4 is 23.7 Å². The van der Waals surface area contributed by atoms with Crippen LogP contribution < -0.4 is 0 Å². The molecule has 0 bridgehead atoms. The molecule has 0 amide bonds. The summed E-state index contributed by atoms with van der Waals surface area (Å²) in [5.41, 5.74) is 0. The van der Waals surface area contributed by atoms with Crippen LogP contribution in [0.5, 0.6) is 0 Å². The number of carbonyl (C=O) groups is 2. The molecular formula is C8H14O4S. The Balaban J connectivity index is 3.69. The molecule has 0 radical (unpaired) electrons. The van der Waals surface area contributed by atoms with Gasteiger partial charge in [-0.3, -0.25) is 9.59 Å². The predicted molar refractivity (Wildman–Crippen MR) is 51.0 cm³/mol. The molecule has 5 heteroatoms. The molecule has 76 valence electrons. The lowest BCUT2D eigenvalue weighted by atomic mass is 10.2. The van der Waals surface area contributed by atoms with E-state index in [4.69, 9.17) is 10.2 Å². The molecular weight excluding hydrogens is 192 g/mol. The van der Waals surface area contributed by atoms with E-state index in [-0.39, 0.29) is 6.42 Å². The lowest BCUT2D eigenvalue weighted by Crippen LogP contribution is -2.16. The number of thioether (sulfide) groups is 1. The van der Waals surface area contributed by atoms with Crippen molar-refractivity contribution in [1.29, 1.82) is 0 Å². The fourth-order valence-corrected chi connectivity index (χ4v) is 1.80. The molecule has 0 aliphatic heterocycles. The maximum Gasteiger partial charge on any atom is 0.316 e. The van der Waals surface area contributed by atoms with Gasteiger partial charge in [-0.05, 0) is 18.6 Å². The second-order valence-electron chi connectivity index (χ2n) is 2.57. The molecule has 0 saturated carbocycles. The molecule has 0 aromatic heterocycles. The third-order valence-electron chi connectivity index (χ3n) is 1.50. The number of carboxylic acid groups (broad SMARTS) is 2. The van der Waals surface area contributed by atoms with Gasteiger partial charge in [0.15, 0.2) is 0 Å². The zero-order valence-corrected chi connectivity index (χ0v) is 8.34. The molecule has 1 atom stereocenters. The summed E-state index contributed by atoms with van der Waals surface area (Å²) in [6.07, 6.45) is 0.910. The first-order valence-electron chi connectivity index (χ1n) is 4.14. The van der Waals surface area contributed by atoms with E-state index in [9.17, 15) is 9.59 Å². The van der Waals surface area contributed by atoms with Gasteiger partial charge in [-0.25, -0.2) is 0 Å². The molecule has 2 N–H and O–H groups in total. The summed E-state index contributed by atoms with van der Waals surface area (Å²) in [7, 11) is 0. The van der Waals surface area contributed by atoms with E-state index in [0.717, 1.165) is 5.75 Å². The zero-order chi connectivity index (χ0) is 10.3. The monoisotopic (exact) mass is 206 g/mol. The van der Waals surface area contributed by atoms with Crippen LogP contribution in [0.25, 0.3) is 0 Å². The maximum absolute atomic E-state index is 10.6. The highest BCUT2D eigenvalue weighted by Gasteiger charge is 2.16. The summed E-state index contributed by atoms with van der Waals surface area (Å²) >= 11 is 1.34. The number of aliphatic carboxylic acids is 2. The SMILES string of the molecule is CCSC(CCCC(=O)O)C(=O)O. The second-order valence-corrected chi connectivity index (χ2v) is 4.05. The fraction of sp³-hybridized carbons (Fsp3) is 0.750. The zero-order valence-electron chi connectivity index (χ0n) is 7.52. The van der Waals surface area contributed by atoms with Crippen molar-refractivity contribution in [2.75, 3.05) is 5.75 Å². The van der Waals surface area contributed by atoms with Gasteiger partial charge < -0.3 is 10.2 Å². The quantitative estimate of drug-likeness (QED) is 0.659. The first kappa shape index (κ1) is 12.3. The average molecular weight is 206 g/mol. The number of hydrogen-bond acceptors (Lipinski definition) is 3. The van der Waals surface area contributed by atoms with Gasteiger partial charge in [0.25, 0.3) is 0 Å². The summed E-state index contributed by atoms with van der Waals surface area (Å²) in [6, 6.07) is 0. The van der Waals surface area contributed by atoms with E-state index >= 15 is 0 Å². The van der Waals surface area contributed by atoms with Gasteiger partial charge in [0.2, 0.25) is 0 Å². The molecule has 0 aliphatic carbocycles. The average Bonchev–Trinajstić information content (AvgIpc) is 2.02. The van der Waals surface area contributed by atoms with Crippen molar-refractivity contribution in [2.24, 2.45) is 0 Å². The number of hydrogen-bond donors (Lipinski definition) is 2. The van der Waals surface area contributed by atoms with Crippen molar-refractivity contribution in [1.82, 2.24) is 0 Å². The molecule has 0 aromatic rings. The molecule has 0 rings (SSSR count). The van der Waals surface area contributed by atoms with Crippen LogP contribution in [0.3, 0.4) is 0 Å². The minimum Gasteiger partial charge on any atom is -0.481 e. The van der Waals surface area contributed by atoms with Gasteiger partial charge >= 0.3 is 11.9 Å². The van der Waals surface area contributed by atoms with Gasteiger partial charge in [-0.15, -0.1) is 11.8 Å². The van der Waals surface area contributed by atoms with Crippen LogP contribution in [-0.2, 0) is 9.59 Å². The fourth-order valence-electron chi connectivity index (χ4n) is 0.918. The lowest BCUT2D eigenvalue weighted by molar-refractivity contribution is -0.139. The van der Waals surface area contributed by atoms with E-state index in [1.54, 1.807) is 0 Å². The minimum atomic E-state index is -0.870. The Morgan fingerprint density at radius 1 is 1.38 bits per heavy atom. The summed E-state index contributed by atoms with van der Waals surface area (Å²) in [5, 5.41) is 16.6. The van der Waals surface area contributed by atoms with Gasteiger partial charge in [-0.1, -0.05) is 6.92 Å². The third-order valence-corrected chi connectivity index (χ3v) is 2.67. The summed E-state index contributed by atoms with van der Waals surface area (Å²) in [4.78, 5) is 20.8. The Morgan fingerprint density at radius 3 is 2.38 bits per heavy atom. The molecule has 1 unspecified atom stereocenters. The highest BCUT2D eigenvalue weighted by molar-refractivity contribution is 8.00. The van der Waals surface area contributed by atoms with Crippen LogP contribution >= 0.6 is 11.8 Å². The normalized spacial score (nSPS) is 12.4. The smallest absolute Gasteiger partial charge is 0.316 e. The molecule has 4 nitrogen and oxygen atoms in total. The Labute approximate surface area is 81.3 Å². The number of carboxylic acids is 2. The molecule has 0 heterocycles. The van der Waals surface area contributed by atoms with Crippen LogP contribution in [0.4, 0.5) is 0 Å². The molecule has 0 saturated heterocycles. The van der Waals surface area contributed by atoms with E-state index < -0.39 is 17.2 Å². The molecule has 0 fully saturated rings. The maximum atomic E-state index is 10.6. The van der Waals surface area contributed by atoms with Crippen molar-refractivity contribution < 1.29 is 19.8 Å². The Hall–Kier alpha value is -0.710. The Morgan fingerprint density at radius 2 is 2.00 bits per heavy atom. The van der Waals surface area contributed by atoms with Gasteiger partial charge in [0, 0.05) is 6.42 Å². The van der Waals surface area contributed by atoms with E-state index in [1.165, 1.54) is 11.8 Å². The minimum absolute atomic E-state index is 0.0497.